The average molecular weight is 348 g/mol. The molecule has 1 aromatic rings. The number of esters is 1. The van der Waals surface area contributed by atoms with Crippen LogP contribution in [0.1, 0.15) is 24.2 Å². The number of amides is 2. The minimum Gasteiger partial charge on any atom is -0.454 e. The number of ether oxygens (including phenoxy) is 3. The van der Waals surface area contributed by atoms with Crippen molar-refractivity contribution in [1.82, 2.24) is 9.80 Å². The Hall–Kier alpha value is -2.77. The summed E-state index contributed by atoms with van der Waals surface area (Å²) >= 11 is 0. The van der Waals surface area contributed by atoms with E-state index in [0.29, 0.717) is 43.2 Å². The van der Waals surface area contributed by atoms with Crippen LogP contribution in [0.4, 0.5) is 0 Å². The number of hydrogen-bond donors (Lipinski definition) is 0. The van der Waals surface area contributed by atoms with Crippen molar-refractivity contribution in [2.24, 2.45) is 0 Å². The van der Waals surface area contributed by atoms with Gasteiger partial charge in [-0.25, -0.2) is 4.79 Å². The molecule has 8 heteroatoms. The van der Waals surface area contributed by atoms with Gasteiger partial charge < -0.3 is 24.0 Å². The largest absolute Gasteiger partial charge is 0.454 e. The van der Waals surface area contributed by atoms with Crippen LogP contribution in [-0.2, 0) is 14.3 Å². The molecule has 0 aromatic heterocycles. The van der Waals surface area contributed by atoms with Gasteiger partial charge in [0, 0.05) is 33.1 Å². The molecule has 2 amide bonds. The lowest BCUT2D eigenvalue weighted by molar-refractivity contribution is -0.144. The van der Waals surface area contributed by atoms with Gasteiger partial charge in [0.15, 0.2) is 17.6 Å². The molecule has 0 N–H and O–H groups in total. The number of benzene rings is 1. The topological polar surface area (TPSA) is 85.4 Å². The number of hydrogen-bond acceptors (Lipinski definition) is 6. The lowest BCUT2D eigenvalue weighted by atomic mass is 10.2. The van der Waals surface area contributed by atoms with Gasteiger partial charge in [-0.3, -0.25) is 9.59 Å². The van der Waals surface area contributed by atoms with Gasteiger partial charge in [0.05, 0.1) is 5.56 Å². The van der Waals surface area contributed by atoms with E-state index >= 15 is 0 Å². The Kier molecular flexibility index (Phi) is 4.78. The van der Waals surface area contributed by atoms with Crippen molar-refractivity contribution in [3.63, 3.8) is 0 Å². The van der Waals surface area contributed by atoms with Crippen LogP contribution >= 0.6 is 0 Å². The number of nitrogens with zero attached hydrogens (tertiary/aromatic N) is 2. The highest BCUT2D eigenvalue weighted by Gasteiger charge is 2.28. The smallest absolute Gasteiger partial charge is 0.339 e. The zero-order chi connectivity index (χ0) is 18.0. The van der Waals surface area contributed by atoms with Crippen LogP contribution in [0.5, 0.6) is 11.5 Å². The second-order valence-corrected chi connectivity index (χ2v) is 5.95. The summed E-state index contributed by atoms with van der Waals surface area (Å²) in [4.78, 5) is 39.3. The maximum absolute atomic E-state index is 12.4. The molecule has 2 aliphatic rings. The lowest BCUT2D eigenvalue weighted by Gasteiger charge is -2.35. The zero-order valence-corrected chi connectivity index (χ0v) is 14.2. The summed E-state index contributed by atoms with van der Waals surface area (Å²) in [5.41, 5.74) is 0.297. The summed E-state index contributed by atoms with van der Waals surface area (Å²) in [7, 11) is 0. The van der Waals surface area contributed by atoms with Gasteiger partial charge in [-0.1, -0.05) is 0 Å². The van der Waals surface area contributed by atoms with Crippen molar-refractivity contribution >= 4 is 17.8 Å². The standard InChI is InChI=1S/C17H20N2O6/c1-11(16(21)19-7-5-18(6-8-19)12(2)20)25-17(22)13-3-4-14-15(9-13)24-10-23-14/h3-4,9,11H,5-8,10H2,1-2H3/t11-/m0/s1. The summed E-state index contributed by atoms with van der Waals surface area (Å²) in [5, 5.41) is 0. The van der Waals surface area contributed by atoms with Crippen molar-refractivity contribution in [2.75, 3.05) is 33.0 Å². The summed E-state index contributed by atoms with van der Waals surface area (Å²) < 4.78 is 15.7. The fraction of sp³-hybridized carbons (Fsp3) is 0.471. The Morgan fingerprint density at radius 2 is 1.68 bits per heavy atom. The van der Waals surface area contributed by atoms with Crippen LogP contribution in [0, 0.1) is 0 Å². The van der Waals surface area contributed by atoms with Crippen molar-refractivity contribution in [1.29, 1.82) is 0 Å². The highest BCUT2D eigenvalue weighted by atomic mass is 16.7. The first kappa shape index (κ1) is 17.1. The Morgan fingerprint density at radius 3 is 2.36 bits per heavy atom. The van der Waals surface area contributed by atoms with Gasteiger partial charge in [-0.15, -0.1) is 0 Å². The van der Waals surface area contributed by atoms with Crippen molar-refractivity contribution < 1.29 is 28.6 Å². The van der Waals surface area contributed by atoms with Crippen LogP contribution in [-0.4, -0.2) is 66.7 Å². The molecule has 8 nitrogen and oxygen atoms in total. The molecule has 0 unspecified atom stereocenters. The Morgan fingerprint density at radius 1 is 1.04 bits per heavy atom. The molecule has 3 rings (SSSR count). The first-order valence-corrected chi connectivity index (χ1v) is 8.10. The maximum Gasteiger partial charge on any atom is 0.339 e. The van der Waals surface area contributed by atoms with E-state index in [1.807, 2.05) is 0 Å². The SMILES string of the molecule is CC(=O)N1CCN(C(=O)[C@H](C)OC(=O)c2ccc3c(c2)OCO3)CC1. The minimum absolute atomic E-state index is 0.00520. The predicted molar refractivity (Wildman–Crippen MR) is 86.3 cm³/mol. The predicted octanol–water partition coefficient (Wildman–Crippen LogP) is 0.651. The third-order valence-corrected chi connectivity index (χ3v) is 4.28. The Labute approximate surface area is 145 Å². The summed E-state index contributed by atoms with van der Waals surface area (Å²) in [6.45, 7) is 5.02. The molecule has 1 saturated heterocycles. The second kappa shape index (κ2) is 7.00. The lowest BCUT2D eigenvalue weighted by Crippen LogP contribution is -2.52. The molecule has 2 heterocycles. The fourth-order valence-corrected chi connectivity index (χ4v) is 2.80. The van der Waals surface area contributed by atoms with Gasteiger partial charge >= 0.3 is 5.97 Å². The Balaban J connectivity index is 1.56. The molecule has 0 radical (unpaired) electrons. The third kappa shape index (κ3) is 3.67. The van der Waals surface area contributed by atoms with Crippen molar-refractivity contribution in [3.8, 4) is 11.5 Å². The van der Waals surface area contributed by atoms with Crippen LogP contribution in [0.3, 0.4) is 0 Å². The number of carbonyl (C=O) groups is 3. The van der Waals surface area contributed by atoms with E-state index in [2.05, 4.69) is 0 Å². The molecule has 0 saturated carbocycles. The Bertz CT molecular complexity index is 696. The van der Waals surface area contributed by atoms with Gasteiger partial charge in [-0.2, -0.15) is 0 Å². The first-order valence-electron chi connectivity index (χ1n) is 8.10. The van der Waals surface area contributed by atoms with Crippen LogP contribution in [0.15, 0.2) is 18.2 Å². The molecule has 2 aliphatic heterocycles. The normalized spacial score (nSPS) is 17.2. The van der Waals surface area contributed by atoms with E-state index in [-0.39, 0.29) is 18.6 Å². The van der Waals surface area contributed by atoms with Crippen molar-refractivity contribution in [3.05, 3.63) is 23.8 Å². The van der Waals surface area contributed by atoms with Crippen LogP contribution in [0.25, 0.3) is 0 Å². The molecule has 0 aliphatic carbocycles. The van der Waals surface area contributed by atoms with Crippen LogP contribution < -0.4 is 9.47 Å². The summed E-state index contributed by atoms with van der Waals surface area (Å²) in [6, 6.07) is 4.73. The minimum atomic E-state index is -0.901. The quantitative estimate of drug-likeness (QED) is 0.746. The molecule has 134 valence electrons. The monoisotopic (exact) mass is 348 g/mol. The number of piperazine rings is 1. The fourth-order valence-electron chi connectivity index (χ4n) is 2.80. The number of carbonyl (C=O) groups excluding carboxylic acids is 3. The number of rotatable bonds is 3. The molecule has 1 aromatic carbocycles. The van der Waals surface area contributed by atoms with Crippen LogP contribution in [0.2, 0.25) is 0 Å². The third-order valence-electron chi connectivity index (χ3n) is 4.28. The molecule has 1 atom stereocenters. The second-order valence-electron chi connectivity index (χ2n) is 5.95. The molecule has 25 heavy (non-hydrogen) atoms. The van der Waals surface area contributed by atoms with Gasteiger partial charge in [-0.05, 0) is 25.1 Å². The average Bonchev–Trinajstić information content (AvgIpc) is 3.08. The molecular weight excluding hydrogens is 328 g/mol. The van der Waals surface area contributed by atoms with Crippen molar-refractivity contribution in [2.45, 2.75) is 20.0 Å². The molecule has 0 bridgehead atoms. The van der Waals surface area contributed by atoms with E-state index in [0.717, 1.165) is 0 Å². The van der Waals surface area contributed by atoms with E-state index in [1.165, 1.54) is 13.0 Å². The van der Waals surface area contributed by atoms with E-state index < -0.39 is 12.1 Å². The van der Waals surface area contributed by atoms with E-state index in [9.17, 15) is 14.4 Å². The molecule has 1 fully saturated rings. The van der Waals surface area contributed by atoms with E-state index in [4.69, 9.17) is 14.2 Å². The van der Waals surface area contributed by atoms with Gasteiger partial charge in [0.2, 0.25) is 12.7 Å². The maximum atomic E-state index is 12.4. The van der Waals surface area contributed by atoms with Gasteiger partial charge in [0.25, 0.3) is 5.91 Å². The highest BCUT2D eigenvalue weighted by molar-refractivity contribution is 5.93. The first-order chi connectivity index (χ1) is 12.0. The molecule has 0 spiro atoms. The summed E-state index contributed by atoms with van der Waals surface area (Å²) in [6.07, 6.45) is -0.901. The zero-order valence-electron chi connectivity index (χ0n) is 14.2. The molecular formula is C17H20N2O6. The van der Waals surface area contributed by atoms with Gasteiger partial charge in [0.1, 0.15) is 0 Å². The summed E-state index contributed by atoms with van der Waals surface area (Å²) in [5.74, 6) is 0.186. The highest BCUT2D eigenvalue weighted by Crippen LogP contribution is 2.32. The van der Waals surface area contributed by atoms with E-state index in [1.54, 1.807) is 28.9 Å². The number of fused-ring (bicyclic) bond motifs is 1.